The Hall–Kier alpha value is -2.45. The molecule has 0 saturated carbocycles. The van der Waals surface area contributed by atoms with Crippen LogP contribution in [0.15, 0.2) is 53.5 Å². The monoisotopic (exact) mass is 413 g/mol. The lowest BCUT2D eigenvalue weighted by atomic mass is 10.1. The van der Waals surface area contributed by atoms with Crippen LogP contribution < -0.4 is 10.6 Å². The third-order valence-corrected chi connectivity index (χ3v) is 4.14. The summed E-state index contributed by atoms with van der Waals surface area (Å²) >= 11 is 11.3. The van der Waals surface area contributed by atoms with Gasteiger partial charge in [-0.05, 0) is 30.3 Å². The van der Waals surface area contributed by atoms with E-state index in [1.54, 1.807) is 24.3 Å². The Bertz CT molecular complexity index is 871. The number of halogens is 4. The maximum Gasteiger partial charge on any atom is 0.416 e. The van der Waals surface area contributed by atoms with Crippen molar-refractivity contribution in [2.45, 2.75) is 6.18 Å². The fraction of sp³-hybridized carbons (Fsp3) is 0.167. The number of amides is 1. The molecule has 2 aromatic carbocycles. The molecule has 2 aromatic rings. The van der Waals surface area contributed by atoms with E-state index < -0.39 is 23.6 Å². The molecule has 2 rings (SSSR count). The summed E-state index contributed by atoms with van der Waals surface area (Å²) in [7, 11) is 1.46. The maximum atomic E-state index is 12.8. The summed E-state index contributed by atoms with van der Waals surface area (Å²) in [6.45, 7) is 0. The molecule has 0 fully saturated rings. The fourth-order valence-corrected chi connectivity index (χ4v) is 2.63. The molecule has 0 aliphatic rings. The summed E-state index contributed by atoms with van der Waals surface area (Å²) in [5.74, 6) is -1.61. The van der Waals surface area contributed by atoms with Gasteiger partial charge in [0.25, 0.3) is 0 Å². The molecule has 0 saturated heterocycles. The van der Waals surface area contributed by atoms with Crippen molar-refractivity contribution in [1.82, 2.24) is 0 Å². The average molecular weight is 414 g/mol. The number of carbonyl (C=O) groups excluding carboxylic acids is 1. The number of nitrogens with one attached hydrogen (secondary N) is 2. The standard InChI is InChI=1S/C18H15ClF3N3OS/c1-23-10-13(17(27)25-15-8-3-2-7-14(15)19)16(26)24-12-6-4-5-11(9-12)18(20,21)22/h2-10,13H,1H3,(H,24,26)(H,25,27). The van der Waals surface area contributed by atoms with Crippen molar-refractivity contribution < 1.29 is 18.0 Å². The molecule has 0 radical (unpaired) electrons. The zero-order valence-corrected chi connectivity index (χ0v) is 15.6. The molecular weight excluding hydrogens is 399 g/mol. The van der Waals surface area contributed by atoms with E-state index in [-0.39, 0.29) is 10.7 Å². The third kappa shape index (κ3) is 5.77. The lowest BCUT2D eigenvalue weighted by Crippen LogP contribution is -2.34. The van der Waals surface area contributed by atoms with Crippen LogP contribution in [0, 0.1) is 5.92 Å². The first-order valence-corrected chi connectivity index (χ1v) is 8.47. The number of carbonyl (C=O) groups is 1. The Balaban J connectivity index is 2.18. The second-order valence-electron chi connectivity index (χ2n) is 5.42. The molecule has 4 nitrogen and oxygen atoms in total. The van der Waals surface area contributed by atoms with Crippen LogP contribution >= 0.6 is 23.8 Å². The Labute approximate surface area is 164 Å². The largest absolute Gasteiger partial charge is 0.416 e. The van der Waals surface area contributed by atoms with Gasteiger partial charge in [-0.15, -0.1) is 0 Å². The number of anilines is 2. The SMILES string of the molecule is CN=CC(C(=O)Nc1cccc(C(F)(F)F)c1)C(=S)Nc1ccccc1Cl. The first kappa shape index (κ1) is 20.9. The molecule has 1 atom stereocenters. The van der Waals surface area contributed by atoms with Crippen molar-refractivity contribution in [3.63, 3.8) is 0 Å². The maximum absolute atomic E-state index is 12.8. The topological polar surface area (TPSA) is 53.5 Å². The fourth-order valence-electron chi connectivity index (χ4n) is 2.17. The van der Waals surface area contributed by atoms with Crippen LogP contribution in [0.4, 0.5) is 24.5 Å². The van der Waals surface area contributed by atoms with E-state index in [1.165, 1.54) is 25.4 Å². The normalized spacial score (nSPS) is 12.6. The van der Waals surface area contributed by atoms with Crippen molar-refractivity contribution in [1.29, 1.82) is 0 Å². The van der Waals surface area contributed by atoms with Gasteiger partial charge in [-0.3, -0.25) is 9.79 Å². The van der Waals surface area contributed by atoms with Gasteiger partial charge in [-0.25, -0.2) is 0 Å². The molecule has 0 heterocycles. The molecule has 1 unspecified atom stereocenters. The molecule has 0 spiro atoms. The smallest absolute Gasteiger partial charge is 0.348 e. The highest BCUT2D eigenvalue weighted by Crippen LogP contribution is 2.30. The summed E-state index contributed by atoms with van der Waals surface area (Å²) in [6.07, 6.45) is -3.21. The number of rotatable bonds is 5. The Kier molecular flexibility index (Phi) is 6.92. The minimum Gasteiger partial charge on any atom is -0.348 e. The van der Waals surface area contributed by atoms with Crippen LogP contribution in [0.5, 0.6) is 0 Å². The number of thiocarbonyl (C=S) groups is 1. The van der Waals surface area contributed by atoms with Crippen molar-refractivity contribution in [2.75, 3.05) is 17.7 Å². The van der Waals surface area contributed by atoms with E-state index in [0.29, 0.717) is 10.7 Å². The van der Waals surface area contributed by atoms with Crippen molar-refractivity contribution in [3.8, 4) is 0 Å². The van der Waals surface area contributed by atoms with Gasteiger partial charge in [-0.1, -0.05) is 42.0 Å². The van der Waals surface area contributed by atoms with Gasteiger partial charge in [-0.2, -0.15) is 13.2 Å². The van der Waals surface area contributed by atoms with E-state index in [1.807, 2.05) is 0 Å². The van der Waals surface area contributed by atoms with Gasteiger partial charge < -0.3 is 10.6 Å². The molecule has 0 aliphatic heterocycles. The Morgan fingerprint density at radius 1 is 1.19 bits per heavy atom. The van der Waals surface area contributed by atoms with E-state index in [2.05, 4.69) is 15.6 Å². The van der Waals surface area contributed by atoms with E-state index >= 15 is 0 Å². The summed E-state index contributed by atoms with van der Waals surface area (Å²) < 4.78 is 38.4. The van der Waals surface area contributed by atoms with Crippen molar-refractivity contribution in [2.24, 2.45) is 10.9 Å². The highest BCUT2D eigenvalue weighted by molar-refractivity contribution is 7.80. The van der Waals surface area contributed by atoms with Crippen molar-refractivity contribution in [3.05, 3.63) is 59.1 Å². The van der Waals surface area contributed by atoms with Gasteiger partial charge in [0.05, 0.1) is 21.3 Å². The van der Waals surface area contributed by atoms with Gasteiger partial charge in [0, 0.05) is 18.9 Å². The summed E-state index contributed by atoms with van der Waals surface area (Å²) in [4.78, 5) is 16.5. The minimum atomic E-state index is -4.51. The van der Waals surface area contributed by atoms with Crippen LogP contribution in [0.2, 0.25) is 5.02 Å². The first-order chi connectivity index (χ1) is 12.7. The van der Waals surface area contributed by atoms with Crippen LogP contribution in [-0.2, 0) is 11.0 Å². The molecule has 0 aliphatic carbocycles. The number of benzene rings is 2. The summed E-state index contributed by atoms with van der Waals surface area (Å²) in [6, 6.07) is 11.1. The second kappa shape index (κ2) is 8.96. The number of para-hydroxylation sites is 1. The molecule has 0 aromatic heterocycles. The van der Waals surface area contributed by atoms with E-state index in [0.717, 1.165) is 12.1 Å². The number of aliphatic imine (C=N–C) groups is 1. The number of hydrogen-bond acceptors (Lipinski definition) is 3. The van der Waals surface area contributed by atoms with Crippen LogP contribution in [0.1, 0.15) is 5.56 Å². The van der Waals surface area contributed by atoms with Gasteiger partial charge in [0.15, 0.2) is 0 Å². The zero-order chi connectivity index (χ0) is 20.0. The highest BCUT2D eigenvalue weighted by atomic mass is 35.5. The van der Waals surface area contributed by atoms with Crippen LogP contribution in [0.25, 0.3) is 0 Å². The van der Waals surface area contributed by atoms with Crippen LogP contribution in [0.3, 0.4) is 0 Å². The molecule has 9 heteroatoms. The second-order valence-corrected chi connectivity index (χ2v) is 6.27. The number of hydrogen-bond donors (Lipinski definition) is 2. The molecule has 0 bridgehead atoms. The highest BCUT2D eigenvalue weighted by Gasteiger charge is 2.31. The molecular formula is C18H15ClF3N3OS. The third-order valence-electron chi connectivity index (χ3n) is 3.45. The minimum absolute atomic E-state index is 0.00451. The Morgan fingerprint density at radius 2 is 1.89 bits per heavy atom. The predicted molar refractivity (Wildman–Crippen MR) is 106 cm³/mol. The Morgan fingerprint density at radius 3 is 2.52 bits per heavy atom. The van der Waals surface area contributed by atoms with E-state index in [4.69, 9.17) is 23.8 Å². The summed E-state index contributed by atoms with van der Waals surface area (Å²) in [5.41, 5.74) is -0.354. The lowest BCUT2D eigenvalue weighted by molar-refractivity contribution is -0.137. The van der Waals surface area contributed by atoms with Gasteiger partial charge in [0.2, 0.25) is 5.91 Å². The summed E-state index contributed by atoms with van der Waals surface area (Å²) in [5, 5.41) is 5.70. The predicted octanol–water partition coefficient (Wildman–Crippen LogP) is 5.05. The first-order valence-electron chi connectivity index (χ1n) is 7.68. The number of nitrogens with zero attached hydrogens (tertiary/aromatic N) is 1. The molecule has 27 heavy (non-hydrogen) atoms. The zero-order valence-electron chi connectivity index (χ0n) is 14.0. The molecule has 2 N–H and O–H groups in total. The quantitative estimate of drug-likeness (QED) is 0.532. The lowest BCUT2D eigenvalue weighted by Gasteiger charge is -2.17. The molecule has 142 valence electrons. The van der Waals surface area contributed by atoms with Gasteiger partial charge >= 0.3 is 6.18 Å². The van der Waals surface area contributed by atoms with E-state index in [9.17, 15) is 18.0 Å². The van der Waals surface area contributed by atoms with Crippen LogP contribution in [-0.4, -0.2) is 24.2 Å². The molecule has 1 amide bonds. The average Bonchev–Trinajstić information content (AvgIpc) is 2.61. The van der Waals surface area contributed by atoms with Gasteiger partial charge in [0.1, 0.15) is 5.92 Å². The van der Waals surface area contributed by atoms with Crippen molar-refractivity contribution >= 4 is 52.3 Å². The number of alkyl halides is 3.